The Morgan fingerprint density at radius 1 is 1.04 bits per heavy atom. The van der Waals surface area contributed by atoms with Crippen molar-refractivity contribution in [1.82, 2.24) is 5.43 Å². The Kier molecular flexibility index (Phi) is 5.47. The Morgan fingerprint density at radius 3 is 2.24 bits per heavy atom. The highest BCUT2D eigenvalue weighted by atomic mass is 35.5. The predicted octanol–water partition coefficient (Wildman–Crippen LogP) is 4.66. The molecule has 0 unspecified atom stereocenters. The summed E-state index contributed by atoms with van der Waals surface area (Å²) in [6.45, 7) is 2.99. The SMILES string of the molecule is CC(C)(Oc1ccc(Cl)cc1)C(=O)NNc1ccccc1C(F)(F)F. The number of rotatable bonds is 5. The third-order valence-electron chi connectivity index (χ3n) is 3.28. The number of hydrazine groups is 1. The Hall–Kier alpha value is -2.41. The molecule has 2 aromatic rings. The van der Waals surface area contributed by atoms with Crippen LogP contribution in [-0.2, 0) is 11.0 Å². The van der Waals surface area contributed by atoms with Gasteiger partial charge in [-0.2, -0.15) is 13.2 Å². The molecule has 8 heteroatoms. The van der Waals surface area contributed by atoms with Gasteiger partial charge in [-0.05, 0) is 50.2 Å². The van der Waals surface area contributed by atoms with E-state index in [1.807, 2.05) is 0 Å². The van der Waals surface area contributed by atoms with Crippen LogP contribution in [-0.4, -0.2) is 11.5 Å². The molecule has 0 atom stereocenters. The second kappa shape index (κ2) is 7.23. The fraction of sp³-hybridized carbons (Fsp3) is 0.235. The Balaban J connectivity index is 2.05. The van der Waals surface area contributed by atoms with E-state index < -0.39 is 23.2 Å². The van der Waals surface area contributed by atoms with Crippen molar-refractivity contribution in [3.63, 3.8) is 0 Å². The maximum atomic E-state index is 12.9. The van der Waals surface area contributed by atoms with Crippen molar-refractivity contribution < 1.29 is 22.7 Å². The van der Waals surface area contributed by atoms with Gasteiger partial charge in [0.05, 0.1) is 11.3 Å². The zero-order valence-electron chi connectivity index (χ0n) is 13.4. The van der Waals surface area contributed by atoms with Crippen LogP contribution in [0.25, 0.3) is 0 Å². The van der Waals surface area contributed by atoms with Gasteiger partial charge in [-0.1, -0.05) is 23.7 Å². The standard InChI is InChI=1S/C17H16ClF3N2O2/c1-16(2,25-12-9-7-11(18)8-10-12)15(24)23-22-14-6-4-3-5-13(14)17(19,20)21/h3-10,22H,1-2H3,(H,23,24). The summed E-state index contributed by atoms with van der Waals surface area (Å²) < 4.78 is 44.4. The molecule has 2 N–H and O–H groups in total. The molecule has 2 aromatic carbocycles. The molecule has 1 amide bonds. The number of anilines is 1. The molecule has 25 heavy (non-hydrogen) atoms. The summed E-state index contributed by atoms with van der Waals surface area (Å²) in [6, 6.07) is 11.2. The van der Waals surface area contributed by atoms with Gasteiger partial charge in [-0.3, -0.25) is 15.6 Å². The van der Waals surface area contributed by atoms with E-state index in [1.54, 1.807) is 24.3 Å². The highest BCUT2D eigenvalue weighted by molar-refractivity contribution is 6.30. The molecule has 0 saturated carbocycles. The molecule has 0 heterocycles. The summed E-state index contributed by atoms with van der Waals surface area (Å²) in [6.07, 6.45) is -4.54. The molecule has 0 aliphatic rings. The average Bonchev–Trinajstić information content (AvgIpc) is 2.54. The van der Waals surface area contributed by atoms with Gasteiger partial charge in [0, 0.05) is 5.02 Å². The number of ether oxygens (including phenoxy) is 1. The van der Waals surface area contributed by atoms with Gasteiger partial charge in [0.1, 0.15) is 5.75 Å². The molecular weight excluding hydrogens is 357 g/mol. The van der Waals surface area contributed by atoms with E-state index in [4.69, 9.17) is 16.3 Å². The number of benzene rings is 2. The van der Waals surface area contributed by atoms with Crippen molar-refractivity contribution in [2.75, 3.05) is 5.43 Å². The summed E-state index contributed by atoms with van der Waals surface area (Å²) in [4.78, 5) is 12.3. The number of para-hydroxylation sites is 1. The van der Waals surface area contributed by atoms with Gasteiger partial charge in [-0.25, -0.2) is 0 Å². The lowest BCUT2D eigenvalue weighted by Gasteiger charge is -2.26. The minimum absolute atomic E-state index is 0.259. The molecule has 0 saturated heterocycles. The molecule has 0 radical (unpaired) electrons. The van der Waals surface area contributed by atoms with Crippen LogP contribution in [0.4, 0.5) is 18.9 Å². The molecule has 0 spiro atoms. The fourth-order valence-electron chi connectivity index (χ4n) is 1.96. The molecule has 0 bridgehead atoms. The molecular formula is C17H16ClF3N2O2. The van der Waals surface area contributed by atoms with E-state index in [1.165, 1.54) is 32.0 Å². The number of hydrogen-bond acceptors (Lipinski definition) is 3. The van der Waals surface area contributed by atoms with E-state index in [9.17, 15) is 18.0 Å². The third kappa shape index (κ3) is 5.03. The number of hydrogen-bond donors (Lipinski definition) is 2. The Morgan fingerprint density at radius 2 is 1.64 bits per heavy atom. The predicted molar refractivity (Wildman–Crippen MR) is 89.4 cm³/mol. The number of nitrogens with one attached hydrogen (secondary N) is 2. The first-order valence-corrected chi connectivity index (χ1v) is 7.64. The molecule has 0 fully saturated rings. The highest BCUT2D eigenvalue weighted by Crippen LogP contribution is 2.34. The number of halogens is 4. The lowest BCUT2D eigenvalue weighted by atomic mass is 10.1. The van der Waals surface area contributed by atoms with Crippen molar-refractivity contribution in [2.24, 2.45) is 0 Å². The maximum absolute atomic E-state index is 12.9. The summed E-state index contributed by atoms with van der Waals surface area (Å²) in [5, 5.41) is 0.514. The minimum Gasteiger partial charge on any atom is -0.478 e. The van der Waals surface area contributed by atoms with Gasteiger partial charge in [0.2, 0.25) is 0 Å². The molecule has 0 aliphatic carbocycles. The summed E-state index contributed by atoms with van der Waals surface area (Å²) in [7, 11) is 0. The van der Waals surface area contributed by atoms with Gasteiger partial charge >= 0.3 is 6.18 Å². The normalized spacial score (nSPS) is 11.8. The van der Waals surface area contributed by atoms with Crippen LogP contribution in [0.3, 0.4) is 0 Å². The van der Waals surface area contributed by atoms with Crippen LogP contribution in [0.15, 0.2) is 48.5 Å². The molecule has 0 aliphatic heterocycles. The quantitative estimate of drug-likeness (QED) is 0.750. The van der Waals surface area contributed by atoms with Crippen LogP contribution in [0.2, 0.25) is 5.02 Å². The average molecular weight is 373 g/mol. The van der Waals surface area contributed by atoms with Crippen LogP contribution in [0, 0.1) is 0 Å². The zero-order chi connectivity index (χ0) is 18.7. The van der Waals surface area contributed by atoms with Gasteiger partial charge < -0.3 is 4.74 Å². The summed E-state index contributed by atoms with van der Waals surface area (Å²) in [5.74, 6) is -0.236. The van der Waals surface area contributed by atoms with Crippen molar-refractivity contribution in [3.05, 3.63) is 59.1 Å². The molecule has 0 aromatic heterocycles. The first kappa shape index (κ1) is 18.9. The number of amides is 1. The highest BCUT2D eigenvalue weighted by Gasteiger charge is 2.34. The largest absolute Gasteiger partial charge is 0.478 e. The van der Waals surface area contributed by atoms with Gasteiger partial charge in [0.15, 0.2) is 5.60 Å². The van der Waals surface area contributed by atoms with Crippen molar-refractivity contribution in [2.45, 2.75) is 25.6 Å². The van der Waals surface area contributed by atoms with E-state index >= 15 is 0 Å². The second-order valence-electron chi connectivity index (χ2n) is 5.69. The van der Waals surface area contributed by atoms with E-state index in [2.05, 4.69) is 10.9 Å². The smallest absolute Gasteiger partial charge is 0.418 e. The zero-order valence-corrected chi connectivity index (χ0v) is 14.2. The lowest BCUT2D eigenvalue weighted by molar-refractivity contribution is -0.137. The second-order valence-corrected chi connectivity index (χ2v) is 6.13. The van der Waals surface area contributed by atoms with Crippen LogP contribution in [0.1, 0.15) is 19.4 Å². The van der Waals surface area contributed by atoms with Gasteiger partial charge in [0.25, 0.3) is 5.91 Å². The monoisotopic (exact) mass is 372 g/mol. The molecule has 2 rings (SSSR count). The first-order valence-electron chi connectivity index (χ1n) is 7.27. The first-order chi connectivity index (χ1) is 11.6. The third-order valence-corrected chi connectivity index (χ3v) is 3.53. The lowest BCUT2D eigenvalue weighted by Crippen LogP contribution is -2.48. The van der Waals surface area contributed by atoms with E-state index in [0.717, 1.165) is 6.07 Å². The van der Waals surface area contributed by atoms with E-state index in [-0.39, 0.29) is 5.69 Å². The molecule has 134 valence electrons. The van der Waals surface area contributed by atoms with Crippen LogP contribution in [0.5, 0.6) is 5.75 Å². The number of carbonyl (C=O) groups excluding carboxylic acids is 1. The van der Waals surface area contributed by atoms with Crippen LogP contribution < -0.4 is 15.6 Å². The van der Waals surface area contributed by atoms with Crippen molar-refractivity contribution in [1.29, 1.82) is 0 Å². The topological polar surface area (TPSA) is 50.4 Å². The Labute approximate surface area is 147 Å². The van der Waals surface area contributed by atoms with Crippen molar-refractivity contribution in [3.8, 4) is 5.75 Å². The summed E-state index contributed by atoms with van der Waals surface area (Å²) >= 11 is 5.78. The van der Waals surface area contributed by atoms with Crippen LogP contribution >= 0.6 is 11.6 Å². The fourth-order valence-corrected chi connectivity index (χ4v) is 2.08. The summed E-state index contributed by atoms with van der Waals surface area (Å²) in [5.41, 5.74) is 2.08. The molecule has 4 nitrogen and oxygen atoms in total. The van der Waals surface area contributed by atoms with Gasteiger partial charge in [-0.15, -0.1) is 0 Å². The van der Waals surface area contributed by atoms with E-state index in [0.29, 0.717) is 10.8 Å². The Bertz CT molecular complexity index is 746. The number of carbonyl (C=O) groups is 1. The maximum Gasteiger partial charge on any atom is 0.418 e. The minimum atomic E-state index is -4.54. The van der Waals surface area contributed by atoms with Crippen molar-refractivity contribution >= 4 is 23.2 Å². The number of alkyl halides is 3.